The van der Waals surface area contributed by atoms with Gasteiger partial charge in [-0.2, -0.15) is 9.61 Å². The minimum Gasteiger partial charge on any atom is -0.366 e. The van der Waals surface area contributed by atoms with E-state index in [2.05, 4.69) is 20.6 Å². The molecule has 15 heavy (non-hydrogen) atoms. The molecule has 78 valence electrons. The molecule has 7 heteroatoms. The van der Waals surface area contributed by atoms with Gasteiger partial charge in [0.25, 0.3) is 5.91 Å². The summed E-state index contributed by atoms with van der Waals surface area (Å²) < 4.78 is 1.35. The predicted octanol–water partition coefficient (Wildman–Crippen LogP) is -0.625. The zero-order valence-electron chi connectivity index (χ0n) is 8.35. The molecular weight excluding hydrogens is 196 g/mol. The minimum atomic E-state index is -0.270. The Morgan fingerprint density at radius 2 is 2.27 bits per heavy atom. The van der Waals surface area contributed by atoms with Crippen LogP contribution in [-0.4, -0.2) is 32.8 Å². The number of nitrogens with one attached hydrogen (secondary N) is 1. The summed E-state index contributed by atoms with van der Waals surface area (Å²) in [6.07, 6.45) is 0. The average Bonchev–Trinajstić information content (AvgIpc) is 2.60. The summed E-state index contributed by atoms with van der Waals surface area (Å²) in [4.78, 5) is 11.4. The molecule has 2 aromatic heterocycles. The van der Waals surface area contributed by atoms with Crippen LogP contribution in [0.3, 0.4) is 0 Å². The fraction of sp³-hybridized carbons (Fsp3) is 0.250. The van der Waals surface area contributed by atoms with E-state index in [1.54, 1.807) is 13.1 Å². The van der Waals surface area contributed by atoms with Crippen molar-refractivity contribution < 1.29 is 4.79 Å². The van der Waals surface area contributed by atoms with Gasteiger partial charge in [0.2, 0.25) is 5.95 Å². The van der Waals surface area contributed by atoms with Crippen molar-refractivity contribution in [3.63, 3.8) is 0 Å². The fourth-order valence-electron chi connectivity index (χ4n) is 1.28. The first-order valence-corrected chi connectivity index (χ1v) is 4.34. The highest BCUT2D eigenvalue weighted by Gasteiger charge is 2.12. The first-order chi connectivity index (χ1) is 7.13. The molecule has 0 spiro atoms. The average molecular weight is 206 g/mol. The van der Waals surface area contributed by atoms with Gasteiger partial charge in [0.15, 0.2) is 5.65 Å². The number of nitrogen functional groups attached to an aromatic ring is 1. The maximum absolute atomic E-state index is 11.4. The molecule has 0 aliphatic rings. The molecule has 0 unspecified atom stereocenters. The van der Waals surface area contributed by atoms with E-state index in [1.807, 2.05) is 6.92 Å². The standard InChI is InChI=1S/C8H10N6O/c1-4-3-5(7(15)10-2)13-14-6(4)11-12-8(14)9/h3H,1-2H3,(H2,9,12)(H,10,15). The van der Waals surface area contributed by atoms with E-state index in [0.717, 1.165) is 5.56 Å². The lowest BCUT2D eigenvalue weighted by Gasteiger charge is -2.02. The van der Waals surface area contributed by atoms with Crippen molar-refractivity contribution in [3.8, 4) is 0 Å². The first kappa shape index (κ1) is 9.38. The van der Waals surface area contributed by atoms with Crippen LogP contribution in [0.1, 0.15) is 16.1 Å². The van der Waals surface area contributed by atoms with Crippen molar-refractivity contribution in [3.05, 3.63) is 17.3 Å². The Balaban J connectivity index is 2.70. The molecule has 0 saturated heterocycles. The van der Waals surface area contributed by atoms with Crippen LogP contribution >= 0.6 is 0 Å². The minimum absolute atomic E-state index is 0.166. The zero-order chi connectivity index (χ0) is 11.0. The number of anilines is 1. The molecule has 3 N–H and O–H groups in total. The van der Waals surface area contributed by atoms with E-state index < -0.39 is 0 Å². The number of fused-ring (bicyclic) bond motifs is 1. The van der Waals surface area contributed by atoms with E-state index in [-0.39, 0.29) is 17.5 Å². The molecule has 1 amide bonds. The summed E-state index contributed by atoms with van der Waals surface area (Å²) >= 11 is 0. The molecule has 7 nitrogen and oxygen atoms in total. The molecule has 0 fully saturated rings. The van der Waals surface area contributed by atoms with Crippen LogP contribution in [0.2, 0.25) is 0 Å². The summed E-state index contributed by atoms with van der Waals surface area (Å²) in [7, 11) is 1.54. The lowest BCUT2D eigenvalue weighted by atomic mass is 10.2. The summed E-state index contributed by atoms with van der Waals surface area (Å²) in [5.74, 6) is -0.105. The number of carbonyl (C=O) groups is 1. The Hall–Kier alpha value is -2.18. The van der Waals surface area contributed by atoms with Gasteiger partial charge in [0, 0.05) is 7.05 Å². The van der Waals surface area contributed by atoms with Gasteiger partial charge in [-0.25, -0.2) is 0 Å². The van der Waals surface area contributed by atoms with Crippen LogP contribution < -0.4 is 11.1 Å². The van der Waals surface area contributed by atoms with Gasteiger partial charge < -0.3 is 11.1 Å². The number of aromatic nitrogens is 4. The van der Waals surface area contributed by atoms with Gasteiger partial charge >= 0.3 is 0 Å². The van der Waals surface area contributed by atoms with Crippen molar-refractivity contribution in [2.24, 2.45) is 0 Å². The molecule has 0 aromatic carbocycles. The highest BCUT2D eigenvalue weighted by Crippen LogP contribution is 2.10. The number of aryl methyl sites for hydroxylation is 1. The third-order valence-corrected chi connectivity index (χ3v) is 2.04. The quantitative estimate of drug-likeness (QED) is 0.647. The number of nitrogens with zero attached hydrogens (tertiary/aromatic N) is 4. The van der Waals surface area contributed by atoms with E-state index in [4.69, 9.17) is 5.73 Å². The van der Waals surface area contributed by atoms with Crippen molar-refractivity contribution in [2.45, 2.75) is 6.92 Å². The largest absolute Gasteiger partial charge is 0.366 e. The van der Waals surface area contributed by atoms with Crippen LogP contribution in [0.5, 0.6) is 0 Å². The Bertz CT molecular complexity index is 531. The molecule has 0 aliphatic heterocycles. The van der Waals surface area contributed by atoms with Crippen molar-refractivity contribution in [2.75, 3.05) is 12.8 Å². The number of rotatable bonds is 1. The summed E-state index contributed by atoms with van der Waals surface area (Å²) in [5, 5.41) is 14.0. The Labute approximate surface area is 85.3 Å². The predicted molar refractivity (Wildman–Crippen MR) is 53.3 cm³/mol. The maximum atomic E-state index is 11.4. The summed E-state index contributed by atoms with van der Waals surface area (Å²) in [6, 6.07) is 1.64. The van der Waals surface area contributed by atoms with Crippen molar-refractivity contribution >= 4 is 17.5 Å². The van der Waals surface area contributed by atoms with Crippen LogP contribution in [0, 0.1) is 6.92 Å². The van der Waals surface area contributed by atoms with Crippen molar-refractivity contribution in [1.82, 2.24) is 25.1 Å². The Morgan fingerprint density at radius 3 is 2.93 bits per heavy atom. The van der Waals surface area contributed by atoms with E-state index in [9.17, 15) is 4.79 Å². The Kier molecular flexibility index (Phi) is 2.00. The van der Waals surface area contributed by atoms with E-state index in [1.165, 1.54) is 4.52 Å². The fourth-order valence-corrected chi connectivity index (χ4v) is 1.28. The number of hydrogen-bond acceptors (Lipinski definition) is 5. The topological polar surface area (TPSA) is 98.2 Å². The number of carbonyl (C=O) groups excluding carboxylic acids is 1. The molecule has 2 heterocycles. The summed E-state index contributed by atoms with van der Waals surface area (Å²) in [6.45, 7) is 1.82. The van der Waals surface area contributed by atoms with Crippen LogP contribution in [-0.2, 0) is 0 Å². The molecule has 0 radical (unpaired) electrons. The number of amides is 1. The number of hydrogen-bond donors (Lipinski definition) is 2. The second-order valence-corrected chi connectivity index (χ2v) is 3.09. The molecule has 0 bridgehead atoms. The molecule has 0 saturated carbocycles. The van der Waals surface area contributed by atoms with Gasteiger partial charge in [-0.1, -0.05) is 0 Å². The summed E-state index contributed by atoms with van der Waals surface area (Å²) in [5.41, 5.74) is 7.19. The highest BCUT2D eigenvalue weighted by atomic mass is 16.1. The second-order valence-electron chi connectivity index (χ2n) is 3.09. The second kappa shape index (κ2) is 3.19. The van der Waals surface area contributed by atoms with Gasteiger partial charge in [0.1, 0.15) is 5.69 Å². The number of nitrogens with two attached hydrogens (primary N) is 1. The van der Waals surface area contributed by atoms with Gasteiger partial charge in [-0.3, -0.25) is 4.79 Å². The monoisotopic (exact) mass is 206 g/mol. The maximum Gasteiger partial charge on any atom is 0.271 e. The van der Waals surface area contributed by atoms with Crippen LogP contribution in [0.25, 0.3) is 5.65 Å². The van der Waals surface area contributed by atoms with Gasteiger partial charge in [-0.15, -0.1) is 10.2 Å². The zero-order valence-corrected chi connectivity index (χ0v) is 8.35. The Morgan fingerprint density at radius 1 is 1.53 bits per heavy atom. The normalized spacial score (nSPS) is 10.5. The van der Waals surface area contributed by atoms with E-state index >= 15 is 0 Å². The molecule has 0 aliphatic carbocycles. The van der Waals surface area contributed by atoms with Gasteiger partial charge in [0.05, 0.1) is 0 Å². The molecule has 2 rings (SSSR count). The molecule has 0 atom stereocenters. The van der Waals surface area contributed by atoms with Gasteiger partial charge in [-0.05, 0) is 18.6 Å². The third kappa shape index (κ3) is 1.37. The SMILES string of the molecule is CNC(=O)c1cc(C)c2nnc(N)n2n1. The van der Waals surface area contributed by atoms with E-state index in [0.29, 0.717) is 5.65 Å². The smallest absolute Gasteiger partial charge is 0.271 e. The third-order valence-electron chi connectivity index (χ3n) is 2.04. The molecule has 2 aromatic rings. The molecular formula is C8H10N6O. The van der Waals surface area contributed by atoms with Crippen molar-refractivity contribution in [1.29, 1.82) is 0 Å². The van der Waals surface area contributed by atoms with Crippen LogP contribution in [0.4, 0.5) is 5.95 Å². The highest BCUT2D eigenvalue weighted by molar-refractivity contribution is 5.92. The lowest BCUT2D eigenvalue weighted by molar-refractivity contribution is 0.0957. The van der Waals surface area contributed by atoms with Crippen LogP contribution in [0.15, 0.2) is 6.07 Å². The lowest BCUT2D eigenvalue weighted by Crippen LogP contribution is -2.20. The first-order valence-electron chi connectivity index (χ1n) is 4.34.